The molecule has 0 spiro atoms. The molecule has 1 aromatic rings. The monoisotopic (exact) mass is 254 g/mol. The summed E-state index contributed by atoms with van der Waals surface area (Å²) in [5, 5.41) is 13.2. The van der Waals surface area contributed by atoms with E-state index in [4.69, 9.17) is 0 Å². The summed E-state index contributed by atoms with van der Waals surface area (Å²) in [4.78, 5) is 4.93. The van der Waals surface area contributed by atoms with Crippen molar-refractivity contribution in [2.45, 2.75) is 38.5 Å². The van der Waals surface area contributed by atoms with Gasteiger partial charge >= 0.3 is 0 Å². The van der Waals surface area contributed by atoms with Crippen LogP contribution in [0.2, 0.25) is 0 Å². The molecule has 1 saturated heterocycles. The zero-order chi connectivity index (χ0) is 12.3. The van der Waals surface area contributed by atoms with E-state index in [-0.39, 0.29) is 6.04 Å². The highest BCUT2D eigenvalue weighted by atomic mass is 32.1. The van der Waals surface area contributed by atoms with Crippen molar-refractivity contribution in [3.8, 4) is 0 Å². The molecule has 2 N–H and O–H groups in total. The summed E-state index contributed by atoms with van der Waals surface area (Å²) >= 11 is 1.74. The van der Waals surface area contributed by atoms with Crippen LogP contribution < -0.4 is 5.32 Å². The number of hydrogen-bond donors (Lipinski definition) is 2. The molecule has 0 aliphatic carbocycles. The summed E-state index contributed by atoms with van der Waals surface area (Å²) in [7, 11) is 1.88. The lowest BCUT2D eigenvalue weighted by molar-refractivity contribution is 0.143. The van der Waals surface area contributed by atoms with E-state index in [1.807, 2.05) is 14.0 Å². The van der Waals surface area contributed by atoms with Crippen LogP contribution in [0.5, 0.6) is 0 Å². The van der Waals surface area contributed by atoms with Gasteiger partial charge < -0.3 is 10.4 Å². The molecule has 17 heavy (non-hydrogen) atoms. The highest BCUT2D eigenvalue weighted by Crippen LogP contribution is 2.27. The van der Waals surface area contributed by atoms with Crippen molar-refractivity contribution in [3.63, 3.8) is 0 Å². The lowest BCUT2D eigenvalue weighted by Gasteiger charge is -2.16. The number of likely N-dealkylation sites (N-methyl/N-ethyl adjacent to an activating group) is 1. The lowest BCUT2D eigenvalue weighted by Crippen LogP contribution is -2.28. The average Bonchev–Trinajstić information content (AvgIpc) is 2.99. The third-order valence-electron chi connectivity index (χ3n) is 3.48. The van der Waals surface area contributed by atoms with Gasteiger partial charge in [-0.25, -0.2) is 0 Å². The van der Waals surface area contributed by atoms with Crippen molar-refractivity contribution in [1.29, 1.82) is 0 Å². The van der Waals surface area contributed by atoms with Crippen LogP contribution in [-0.4, -0.2) is 36.2 Å². The first-order valence-electron chi connectivity index (χ1n) is 6.37. The van der Waals surface area contributed by atoms with Crippen molar-refractivity contribution in [3.05, 3.63) is 21.9 Å². The molecule has 1 aromatic heterocycles. The predicted octanol–water partition coefficient (Wildman–Crippen LogP) is 1.99. The highest BCUT2D eigenvalue weighted by Gasteiger charge is 2.18. The number of nitrogens with zero attached hydrogens (tertiary/aromatic N) is 1. The molecule has 4 heteroatoms. The van der Waals surface area contributed by atoms with Gasteiger partial charge in [0.2, 0.25) is 0 Å². The molecule has 0 radical (unpaired) electrons. The van der Waals surface area contributed by atoms with Gasteiger partial charge in [0, 0.05) is 22.3 Å². The van der Waals surface area contributed by atoms with Gasteiger partial charge in [0.1, 0.15) is 6.10 Å². The second-order valence-electron chi connectivity index (χ2n) is 4.81. The molecule has 0 aromatic carbocycles. The maximum Gasteiger partial charge on any atom is 0.103 e. The zero-order valence-corrected chi connectivity index (χ0v) is 11.5. The quantitative estimate of drug-likeness (QED) is 0.843. The Kier molecular flexibility index (Phi) is 4.56. The Morgan fingerprint density at radius 3 is 2.76 bits per heavy atom. The topological polar surface area (TPSA) is 35.5 Å². The van der Waals surface area contributed by atoms with E-state index in [1.165, 1.54) is 30.8 Å². The zero-order valence-electron chi connectivity index (χ0n) is 10.6. The van der Waals surface area contributed by atoms with Crippen LogP contribution in [0.4, 0.5) is 0 Å². The molecule has 0 amide bonds. The molecule has 1 aliphatic rings. The van der Waals surface area contributed by atoms with Crippen molar-refractivity contribution in [1.82, 2.24) is 10.2 Å². The average molecular weight is 254 g/mol. The Bertz CT molecular complexity index is 347. The molecule has 0 bridgehead atoms. The number of nitrogens with one attached hydrogen (secondary N) is 1. The maximum absolute atomic E-state index is 10.1. The van der Waals surface area contributed by atoms with E-state index in [0.717, 1.165) is 11.4 Å². The number of aliphatic hydroxyl groups is 1. The van der Waals surface area contributed by atoms with Crippen LogP contribution >= 0.6 is 11.3 Å². The molecule has 2 rings (SSSR count). The first-order valence-corrected chi connectivity index (χ1v) is 7.18. The normalized spacial score (nSPS) is 20.6. The van der Waals surface area contributed by atoms with Gasteiger partial charge in [-0.05, 0) is 52.0 Å². The molecule has 2 atom stereocenters. The Morgan fingerprint density at radius 2 is 2.12 bits per heavy atom. The van der Waals surface area contributed by atoms with Crippen LogP contribution in [0.3, 0.4) is 0 Å². The molecule has 1 aliphatic heterocycles. The standard InChI is InChI=1S/C13H22N2OS/c1-10(14-2)13(16)12-6-5-11(17-12)9-15-7-3-4-8-15/h5-6,10,13-14,16H,3-4,7-9H2,1-2H3. The summed E-state index contributed by atoms with van der Waals surface area (Å²) < 4.78 is 0. The van der Waals surface area contributed by atoms with Gasteiger partial charge in [-0.15, -0.1) is 11.3 Å². The van der Waals surface area contributed by atoms with Crippen LogP contribution in [0.1, 0.15) is 35.6 Å². The van der Waals surface area contributed by atoms with Gasteiger partial charge in [0.05, 0.1) is 0 Å². The Hall–Kier alpha value is -0.420. The molecule has 2 unspecified atom stereocenters. The second-order valence-corrected chi connectivity index (χ2v) is 6.01. The molecule has 0 saturated carbocycles. The summed E-state index contributed by atoms with van der Waals surface area (Å²) in [6.45, 7) is 5.50. The van der Waals surface area contributed by atoms with Gasteiger partial charge in [-0.2, -0.15) is 0 Å². The van der Waals surface area contributed by atoms with Crippen molar-refractivity contribution in [2.75, 3.05) is 20.1 Å². The number of aliphatic hydroxyl groups excluding tert-OH is 1. The minimum Gasteiger partial charge on any atom is -0.386 e. The molecule has 2 heterocycles. The third-order valence-corrected chi connectivity index (χ3v) is 4.62. The highest BCUT2D eigenvalue weighted by molar-refractivity contribution is 7.12. The second kappa shape index (κ2) is 5.96. The van der Waals surface area contributed by atoms with Crippen molar-refractivity contribution in [2.24, 2.45) is 0 Å². The lowest BCUT2D eigenvalue weighted by atomic mass is 10.1. The first-order chi connectivity index (χ1) is 8.20. The van der Waals surface area contributed by atoms with Gasteiger partial charge in [-0.3, -0.25) is 4.90 Å². The molecular formula is C13H22N2OS. The molecular weight excluding hydrogens is 232 g/mol. The fraction of sp³-hybridized carbons (Fsp3) is 0.692. The van der Waals surface area contributed by atoms with Crippen LogP contribution in [0, 0.1) is 0 Å². The Balaban J connectivity index is 1.95. The summed E-state index contributed by atoms with van der Waals surface area (Å²) in [5.74, 6) is 0. The van der Waals surface area contributed by atoms with E-state index in [2.05, 4.69) is 22.3 Å². The summed E-state index contributed by atoms with van der Waals surface area (Å²) in [6, 6.07) is 4.33. The van der Waals surface area contributed by atoms with Crippen molar-refractivity contribution >= 4 is 11.3 Å². The van der Waals surface area contributed by atoms with E-state index in [1.54, 1.807) is 11.3 Å². The third kappa shape index (κ3) is 3.28. The Labute approximate surface area is 107 Å². The number of thiophene rings is 1. The minimum absolute atomic E-state index is 0.105. The van der Waals surface area contributed by atoms with E-state index < -0.39 is 6.10 Å². The van der Waals surface area contributed by atoms with E-state index in [9.17, 15) is 5.11 Å². The van der Waals surface area contributed by atoms with Crippen LogP contribution in [0.25, 0.3) is 0 Å². The van der Waals surface area contributed by atoms with Crippen LogP contribution in [-0.2, 0) is 6.54 Å². The predicted molar refractivity (Wildman–Crippen MR) is 72.3 cm³/mol. The maximum atomic E-state index is 10.1. The molecule has 96 valence electrons. The van der Waals surface area contributed by atoms with E-state index >= 15 is 0 Å². The van der Waals surface area contributed by atoms with Gasteiger partial charge in [0.15, 0.2) is 0 Å². The number of likely N-dealkylation sites (tertiary alicyclic amines) is 1. The number of rotatable bonds is 5. The van der Waals surface area contributed by atoms with Crippen molar-refractivity contribution < 1.29 is 5.11 Å². The van der Waals surface area contributed by atoms with E-state index in [0.29, 0.717) is 0 Å². The summed E-state index contributed by atoms with van der Waals surface area (Å²) in [5.41, 5.74) is 0. The number of hydrogen-bond acceptors (Lipinski definition) is 4. The van der Waals surface area contributed by atoms with Crippen LogP contribution in [0.15, 0.2) is 12.1 Å². The summed E-state index contributed by atoms with van der Waals surface area (Å²) in [6.07, 6.45) is 2.27. The largest absolute Gasteiger partial charge is 0.386 e. The van der Waals surface area contributed by atoms with Gasteiger partial charge in [-0.1, -0.05) is 0 Å². The fourth-order valence-electron chi connectivity index (χ4n) is 2.20. The SMILES string of the molecule is CNC(C)C(O)c1ccc(CN2CCCC2)s1. The van der Waals surface area contributed by atoms with Gasteiger partial charge in [0.25, 0.3) is 0 Å². The Morgan fingerprint density at radius 1 is 1.41 bits per heavy atom. The fourth-order valence-corrected chi connectivity index (χ4v) is 3.35. The first kappa shape index (κ1) is 13.0. The smallest absolute Gasteiger partial charge is 0.103 e. The molecule has 3 nitrogen and oxygen atoms in total. The molecule has 1 fully saturated rings. The minimum atomic E-state index is -0.391.